The summed E-state index contributed by atoms with van der Waals surface area (Å²) in [5.74, 6) is -1.22. The van der Waals surface area contributed by atoms with Gasteiger partial charge < -0.3 is 0 Å². The third-order valence-electron chi connectivity index (χ3n) is 3.75. The number of nitrogens with two attached hydrogens (primary N) is 1. The van der Waals surface area contributed by atoms with Crippen LogP contribution in [0.5, 0.6) is 0 Å². The Morgan fingerprint density at radius 1 is 1.11 bits per heavy atom. The van der Waals surface area contributed by atoms with Gasteiger partial charge in [0.2, 0.25) is 10.0 Å². The second kappa shape index (κ2) is 6.74. The normalized spacial score (nSPS) is 12.0. The van der Waals surface area contributed by atoms with E-state index in [-0.39, 0.29) is 22.5 Å². The molecule has 28 heavy (non-hydrogen) atoms. The SMILES string of the molecule is N#Cc1cccc(-n2nc(C(F)(F)F)cc2-c2ccc(S(N)(=O)=O)c(F)c2)c1. The van der Waals surface area contributed by atoms with Crippen molar-refractivity contribution in [1.29, 1.82) is 5.26 Å². The smallest absolute Gasteiger partial charge is 0.232 e. The number of rotatable bonds is 3. The van der Waals surface area contributed by atoms with Gasteiger partial charge in [-0.25, -0.2) is 22.6 Å². The molecule has 1 aromatic heterocycles. The fourth-order valence-electron chi connectivity index (χ4n) is 2.52. The first-order valence-corrected chi connectivity index (χ1v) is 9.06. The van der Waals surface area contributed by atoms with Gasteiger partial charge in [0.25, 0.3) is 0 Å². The molecule has 0 saturated heterocycles. The maximum Gasteiger partial charge on any atom is 0.435 e. The molecule has 0 aliphatic heterocycles. The lowest BCUT2D eigenvalue weighted by atomic mass is 10.1. The largest absolute Gasteiger partial charge is 0.435 e. The summed E-state index contributed by atoms with van der Waals surface area (Å²) in [6.45, 7) is 0. The Kier molecular flexibility index (Phi) is 4.70. The van der Waals surface area contributed by atoms with Crippen molar-refractivity contribution < 1.29 is 26.0 Å². The number of benzene rings is 2. The summed E-state index contributed by atoms with van der Waals surface area (Å²) < 4.78 is 77.2. The molecule has 1 heterocycles. The minimum Gasteiger partial charge on any atom is -0.232 e. The van der Waals surface area contributed by atoms with Crippen molar-refractivity contribution >= 4 is 10.0 Å². The van der Waals surface area contributed by atoms with Crippen molar-refractivity contribution in [2.75, 3.05) is 0 Å². The summed E-state index contributed by atoms with van der Waals surface area (Å²) in [6, 6.07) is 10.9. The van der Waals surface area contributed by atoms with E-state index in [2.05, 4.69) is 5.10 Å². The molecule has 2 aromatic carbocycles. The monoisotopic (exact) mass is 410 g/mol. The Labute approximate surface area is 156 Å². The number of alkyl halides is 3. The van der Waals surface area contributed by atoms with Crippen LogP contribution >= 0.6 is 0 Å². The summed E-state index contributed by atoms with van der Waals surface area (Å²) in [5.41, 5.74) is -1.12. The first-order chi connectivity index (χ1) is 13.0. The lowest BCUT2D eigenvalue weighted by Gasteiger charge is -2.09. The van der Waals surface area contributed by atoms with Crippen molar-refractivity contribution in [3.05, 3.63) is 65.6 Å². The fourth-order valence-corrected chi connectivity index (χ4v) is 3.11. The average Bonchev–Trinajstić information content (AvgIpc) is 3.06. The number of nitriles is 1. The van der Waals surface area contributed by atoms with Crippen LogP contribution in [0.15, 0.2) is 53.4 Å². The molecule has 144 valence electrons. The Hall–Kier alpha value is -3.23. The van der Waals surface area contributed by atoms with Gasteiger partial charge in [-0.15, -0.1) is 0 Å². The van der Waals surface area contributed by atoms with Crippen LogP contribution in [-0.4, -0.2) is 18.2 Å². The first kappa shape index (κ1) is 19.5. The third kappa shape index (κ3) is 3.73. The molecule has 0 aliphatic rings. The summed E-state index contributed by atoms with van der Waals surface area (Å²) in [5, 5.41) is 17.4. The number of nitrogens with zero attached hydrogens (tertiary/aromatic N) is 3. The highest BCUT2D eigenvalue weighted by molar-refractivity contribution is 7.89. The molecular formula is C17H10F4N4O2S. The number of sulfonamides is 1. The van der Waals surface area contributed by atoms with Gasteiger partial charge in [-0.1, -0.05) is 12.1 Å². The molecular weight excluding hydrogens is 400 g/mol. The molecule has 0 fully saturated rings. The molecule has 0 bridgehead atoms. The van der Waals surface area contributed by atoms with Crippen molar-refractivity contribution in [2.45, 2.75) is 11.1 Å². The lowest BCUT2D eigenvalue weighted by Crippen LogP contribution is -2.14. The van der Waals surface area contributed by atoms with Gasteiger partial charge in [-0.3, -0.25) is 0 Å². The molecule has 3 rings (SSSR count). The number of aromatic nitrogens is 2. The minimum absolute atomic E-state index is 0.0599. The molecule has 0 atom stereocenters. The van der Waals surface area contributed by atoms with Crippen molar-refractivity contribution in [3.8, 4) is 23.0 Å². The molecule has 11 heteroatoms. The van der Waals surface area contributed by atoms with Crippen LogP contribution < -0.4 is 5.14 Å². The maximum absolute atomic E-state index is 14.2. The van der Waals surface area contributed by atoms with Gasteiger partial charge in [0.1, 0.15) is 10.7 Å². The third-order valence-corrected chi connectivity index (χ3v) is 4.70. The number of primary sulfonamides is 1. The van der Waals surface area contributed by atoms with E-state index in [1.165, 1.54) is 24.3 Å². The second-order valence-corrected chi connectivity index (χ2v) is 7.21. The minimum atomic E-state index is -4.77. The summed E-state index contributed by atoms with van der Waals surface area (Å²) in [4.78, 5) is -0.787. The highest BCUT2D eigenvalue weighted by Gasteiger charge is 2.35. The fraction of sp³-hybridized carbons (Fsp3) is 0.0588. The summed E-state index contributed by atoms with van der Waals surface area (Å²) in [6.07, 6.45) is -4.77. The van der Waals surface area contributed by atoms with Crippen molar-refractivity contribution in [3.63, 3.8) is 0 Å². The zero-order valence-electron chi connectivity index (χ0n) is 13.8. The molecule has 0 spiro atoms. The van der Waals surface area contributed by atoms with E-state index in [1.54, 1.807) is 0 Å². The van der Waals surface area contributed by atoms with Gasteiger partial charge >= 0.3 is 6.18 Å². The van der Waals surface area contributed by atoms with Crippen LogP contribution in [0.25, 0.3) is 16.9 Å². The molecule has 3 aromatic rings. The van der Waals surface area contributed by atoms with Gasteiger partial charge in [-0.2, -0.15) is 23.5 Å². The van der Waals surface area contributed by atoms with Crippen LogP contribution in [0.4, 0.5) is 17.6 Å². The highest BCUT2D eigenvalue weighted by atomic mass is 32.2. The predicted molar refractivity (Wildman–Crippen MR) is 90.0 cm³/mol. The van der Waals surface area contributed by atoms with Crippen molar-refractivity contribution in [1.82, 2.24) is 9.78 Å². The molecule has 6 nitrogen and oxygen atoms in total. The van der Waals surface area contributed by atoms with E-state index in [0.717, 1.165) is 22.9 Å². The topological polar surface area (TPSA) is 102 Å². The standard InChI is InChI=1S/C17H10F4N4O2S/c18-13-7-11(4-5-15(13)28(23,26)27)14-8-16(17(19,20)21)24-25(14)12-3-1-2-10(6-12)9-22/h1-8H,(H2,23,26,27). The molecule has 0 radical (unpaired) electrons. The molecule has 0 amide bonds. The van der Waals surface area contributed by atoms with E-state index in [1.807, 2.05) is 6.07 Å². The van der Waals surface area contributed by atoms with E-state index < -0.39 is 32.6 Å². The summed E-state index contributed by atoms with van der Waals surface area (Å²) >= 11 is 0. The van der Waals surface area contributed by atoms with Gasteiger partial charge in [0.15, 0.2) is 5.69 Å². The van der Waals surface area contributed by atoms with Gasteiger partial charge in [-0.05, 0) is 36.4 Å². The predicted octanol–water partition coefficient (Wildman–Crippen LogP) is 3.22. The van der Waals surface area contributed by atoms with E-state index in [9.17, 15) is 26.0 Å². The lowest BCUT2D eigenvalue weighted by molar-refractivity contribution is -0.141. The quantitative estimate of drug-likeness (QED) is 0.670. The Morgan fingerprint density at radius 2 is 1.82 bits per heavy atom. The van der Waals surface area contributed by atoms with Crippen LogP contribution in [0.1, 0.15) is 11.3 Å². The number of halogens is 4. The van der Waals surface area contributed by atoms with Gasteiger partial charge in [0, 0.05) is 5.56 Å². The van der Waals surface area contributed by atoms with E-state index in [0.29, 0.717) is 6.07 Å². The maximum atomic E-state index is 14.2. The van der Waals surface area contributed by atoms with E-state index >= 15 is 0 Å². The second-order valence-electron chi connectivity index (χ2n) is 5.68. The zero-order valence-corrected chi connectivity index (χ0v) is 14.6. The Morgan fingerprint density at radius 3 is 2.39 bits per heavy atom. The number of hydrogen-bond acceptors (Lipinski definition) is 4. The average molecular weight is 410 g/mol. The Balaban J connectivity index is 2.24. The summed E-state index contributed by atoms with van der Waals surface area (Å²) in [7, 11) is -4.34. The first-order valence-electron chi connectivity index (χ1n) is 7.51. The molecule has 2 N–H and O–H groups in total. The molecule has 0 saturated carbocycles. The van der Waals surface area contributed by atoms with Crippen LogP contribution in [0.2, 0.25) is 0 Å². The van der Waals surface area contributed by atoms with Crippen LogP contribution in [-0.2, 0) is 16.2 Å². The number of hydrogen-bond donors (Lipinski definition) is 1. The van der Waals surface area contributed by atoms with Crippen LogP contribution in [0.3, 0.4) is 0 Å². The molecule has 0 unspecified atom stereocenters. The van der Waals surface area contributed by atoms with Crippen molar-refractivity contribution in [2.24, 2.45) is 5.14 Å². The highest BCUT2D eigenvalue weighted by Crippen LogP contribution is 2.34. The Bertz CT molecular complexity index is 1210. The molecule has 0 aliphatic carbocycles. The zero-order chi connectivity index (χ0) is 20.7. The van der Waals surface area contributed by atoms with Gasteiger partial charge in [0.05, 0.1) is 23.0 Å². The van der Waals surface area contributed by atoms with E-state index in [4.69, 9.17) is 10.4 Å². The van der Waals surface area contributed by atoms with Crippen LogP contribution in [0, 0.1) is 17.1 Å².